The average Bonchev–Trinajstić information content (AvgIpc) is 3.04. The fourth-order valence-electron chi connectivity index (χ4n) is 3.45. The van der Waals surface area contributed by atoms with Gasteiger partial charge >= 0.3 is 0 Å². The van der Waals surface area contributed by atoms with Crippen molar-refractivity contribution in [2.45, 2.75) is 46.7 Å². The van der Waals surface area contributed by atoms with Gasteiger partial charge in [-0.2, -0.15) is 0 Å². The van der Waals surface area contributed by atoms with E-state index in [4.69, 9.17) is 0 Å². The molecule has 0 saturated heterocycles. The summed E-state index contributed by atoms with van der Waals surface area (Å²) in [7, 11) is 0. The standard InChI is InChI=1S/C23H26F3N3O/c1-4-12-29-19-10-6-9-18(26)22(19)27-20(29)14-28(13-11-15(2)3)23(30)21-16(24)7-5-8-17(21)25/h5-10,15H,4,11-14H2,1-3H3. The molecule has 1 amide bonds. The fourth-order valence-corrected chi connectivity index (χ4v) is 3.45. The smallest absolute Gasteiger partial charge is 0.260 e. The number of hydrogen-bond acceptors (Lipinski definition) is 2. The summed E-state index contributed by atoms with van der Waals surface area (Å²) >= 11 is 0. The third-order valence-corrected chi connectivity index (χ3v) is 5.03. The molecule has 0 radical (unpaired) electrons. The second-order valence-electron chi connectivity index (χ2n) is 7.79. The first-order chi connectivity index (χ1) is 14.3. The van der Waals surface area contributed by atoms with Gasteiger partial charge in [0.25, 0.3) is 5.91 Å². The largest absolute Gasteiger partial charge is 0.331 e. The maximum Gasteiger partial charge on any atom is 0.260 e. The van der Waals surface area contributed by atoms with Crippen molar-refractivity contribution in [1.29, 1.82) is 0 Å². The molecule has 0 spiro atoms. The molecule has 0 bridgehead atoms. The molecule has 2 aromatic carbocycles. The number of halogens is 3. The van der Waals surface area contributed by atoms with Crippen LogP contribution in [-0.4, -0.2) is 26.9 Å². The number of fused-ring (bicyclic) bond motifs is 1. The first-order valence-electron chi connectivity index (χ1n) is 10.2. The summed E-state index contributed by atoms with van der Waals surface area (Å²) < 4.78 is 44.7. The molecule has 4 nitrogen and oxygen atoms in total. The highest BCUT2D eigenvalue weighted by molar-refractivity contribution is 5.94. The van der Waals surface area contributed by atoms with Crippen LogP contribution in [0.25, 0.3) is 11.0 Å². The quantitative estimate of drug-likeness (QED) is 0.482. The zero-order valence-electron chi connectivity index (χ0n) is 17.5. The van der Waals surface area contributed by atoms with Crippen LogP contribution in [0.5, 0.6) is 0 Å². The van der Waals surface area contributed by atoms with E-state index in [0.717, 1.165) is 18.6 Å². The van der Waals surface area contributed by atoms with E-state index in [1.165, 1.54) is 17.0 Å². The van der Waals surface area contributed by atoms with Gasteiger partial charge in [-0.15, -0.1) is 0 Å². The number of carbonyl (C=O) groups is 1. The Hall–Kier alpha value is -2.83. The van der Waals surface area contributed by atoms with Gasteiger partial charge in [-0.25, -0.2) is 18.2 Å². The maximum atomic E-state index is 14.3. The Labute approximate surface area is 174 Å². The Bertz CT molecular complexity index is 1030. The summed E-state index contributed by atoms with van der Waals surface area (Å²) in [5.74, 6) is -2.19. The van der Waals surface area contributed by atoms with Gasteiger partial charge in [0.15, 0.2) is 5.82 Å². The van der Waals surface area contributed by atoms with Crippen molar-refractivity contribution in [3.8, 4) is 0 Å². The van der Waals surface area contributed by atoms with E-state index in [1.54, 1.807) is 12.1 Å². The molecule has 0 saturated carbocycles. The van der Waals surface area contributed by atoms with Crippen LogP contribution in [0.3, 0.4) is 0 Å². The number of amides is 1. The van der Waals surface area contributed by atoms with Crippen LogP contribution in [0.15, 0.2) is 36.4 Å². The number of aromatic nitrogens is 2. The molecule has 1 aromatic heterocycles. The molecule has 0 atom stereocenters. The molecule has 7 heteroatoms. The third kappa shape index (κ3) is 4.50. The molecule has 0 N–H and O–H groups in total. The molecular weight excluding hydrogens is 391 g/mol. The zero-order chi connectivity index (χ0) is 21.8. The summed E-state index contributed by atoms with van der Waals surface area (Å²) in [6, 6.07) is 8.10. The molecule has 0 fully saturated rings. The number of rotatable bonds is 8. The van der Waals surface area contributed by atoms with Gasteiger partial charge in [-0.3, -0.25) is 4.79 Å². The highest BCUT2D eigenvalue weighted by atomic mass is 19.1. The van der Waals surface area contributed by atoms with Crippen LogP contribution in [-0.2, 0) is 13.1 Å². The van der Waals surface area contributed by atoms with E-state index in [9.17, 15) is 18.0 Å². The first kappa shape index (κ1) is 21.9. The minimum Gasteiger partial charge on any atom is -0.331 e. The highest BCUT2D eigenvalue weighted by Gasteiger charge is 2.25. The second-order valence-corrected chi connectivity index (χ2v) is 7.79. The van der Waals surface area contributed by atoms with Crippen molar-refractivity contribution in [3.05, 3.63) is 65.2 Å². The van der Waals surface area contributed by atoms with Crippen LogP contribution < -0.4 is 0 Å². The summed E-state index contributed by atoms with van der Waals surface area (Å²) in [5.41, 5.74) is 0.292. The second kappa shape index (κ2) is 9.32. The van der Waals surface area contributed by atoms with Gasteiger partial charge in [-0.1, -0.05) is 32.9 Å². The van der Waals surface area contributed by atoms with Crippen molar-refractivity contribution < 1.29 is 18.0 Å². The lowest BCUT2D eigenvalue weighted by Gasteiger charge is -2.24. The summed E-state index contributed by atoms with van der Waals surface area (Å²) in [4.78, 5) is 18.9. The van der Waals surface area contributed by atoms with Crippen LogP contribution in [0.1, 0.15) is 49.8 Å². The summed E-state index contributed by atoms with van der Waals surface area (Å²) in [5, 5.41) is 0. The molecular formula is C23H26F3N3O. The topological polar surface area (TPSA) is 38.1 Å². The van der Waals surface area contributed by atoms with Crippen molar-refractivity contribution in [1.82, 2.24) is 14.5 Å². The van der Waals surface area contributed by atoms with E-state index in [0.29, 0.717) is 30.9 Å². The van der Waals surface area contributed by atoms with Gasteiger partial charge in [0, 0.05) is 13.1 Å². The van der Waals surface area contributed by atoms with Crippen LogP contribution in [0, 0.1) is 23.4 Å². The molecule has 0 unspecified atom stereocenters. The van der Waals surface area contributed by atoms with Gasteiger partial charge in [0.05, 0.1) is 12.1 Å². The van der Waals surface area contributed by atoms with Crippen molar-refractivity contribution >= 4 is 16.9 Å². The Kier molecular flexibility index (Phi) is 6.80. The minimum absolute atomic E-state index is 0.0352. The lowest BCUT2D eigenvalue weighted by Crippen LogP contribution is -2.34. The monoisotopic (exact) mass is 417 g/mol. The predicted molar refractivity (Wildman–Crippen MR) is 111 cm³/mol. The Balaban J connectivity index is 2.02. The van der Waals surface area contributed by atoms with E-state index < -0.39 is 28.9 Å². The fraction of sp³-hybridized carbons (Fsp3) is 0.391. The van der Waals surface area contributed by atoms with E-state index in [2.05, 4.69) is 4.98 Å². The zero-order valence-corrected chi connectivity index (χ0v) is 17.5. The van der Waals surface area contributed by atoms with Gasteiger partial charge < -0.3 is 9.47 Å². The predicted octanol–water partition coefficient (Wildman–Crippen LogP) is 5.55. The molecule has 0 aliphatic rings. The molecule has 1 heterocycles. The van der Waals surface area contributed by atoms with Crippen LogP contribution in [0.4, 0.5) is 13.2 Å². The molecule has 3 rings (SSSR count). The third-order valence-electron chi connectivity index (χ3n) is 5.03. The number of carbonyl (C=O) groups excluding carboxylic acids is 1. The van der Waals surface area contributed by atoms with Gasteiger partial charge in [0.2, 0.25) is 0 Å². The van der Waals surface area contributed by atoms with Crippen molar-refractivity contribution in [2.24, 2.45) is 5.92 Å². The first-order valence-corrected chi connectivity index (χ1v) is 10.2. The lowest BCUT2D eigenvalue weighted by atomic mass is 10.1. The number of aryl methyl sites for hydroxylation is 1. The van der Waals surface area contributed by atoms with Crippen molar-refractivity contribution in [2.75, 3.05) is 6.54 Å². The molecule has 3 aromatic rings. The average molecular weight is 417 g/mol. The Morgan fingerprint density at radius 1 is 1.07 bits per heavy atom. The van der Waals surface area contributed by atoms with Gasteiger partial charge in [-0.05, 0) is 43.0 Å². The molecule has 0 aliphatic carbocycles. The minimum atomic E-state index is -0.900. The van der Waals surface area contributed by atoms with Crippen LogP contribution in [0.2, 0.25) is 0 Å². The molecule has 30 heavy (non-hydrogen) atoms. The number of para-hydroxylation sites is 1. The SMILES string of the molecule is CCCn1c(CN(CCC(C)C)C(=O)c2c(F)cccc2F)nc2c(F)cccc21. The highest BCUT2D eigenvalue weighted by Crippen LogP contribution is 2.23. The lowest BCUT2D eigenvalue weighted by molar-refractivity contribution is 0.0719. The Morgan fingerprint density at radius 2 is 1.70 bits per heavy atom. The number of imidazole rings is 1. The summed E-state index contributed by atoms with van der Waals surface area (Å²) in [6.45, 7) is 6.94. The number of benzene rings is 2. The molecule has 160 valence electrons. The van der Waals surface area contributed by atoms with Gasteiger partial charge in [0.1, 0.15) is 28.5 Å². The summed E-state index contributed by atoms with van der Waals surface area (Å²) in [6.07, 6.45) is 1.45. The van der Waals surface area contributed by atoms with E-state index in [1.807, 2.05) is 25.3 Å². The maximum absolute atomic E-state index is 14.3. The number of nitrogens with zero attached hydrogens (tertiary/aromatic N) is 3. The number of hydrogen-bond donors (Lipinski definition) is 0. The van der Waals surface area contributed by atoms with E-state index >= 15 is 0 Å². The van der Waals surface area contributed by atoms with Crippen LogP contribution >= 0.6 is 0 Å². The Morgan fingerprint density at radius 3 is 2.33 bits per heavy atom. The molecule has 0 aliphatic heterocycles. The van der Waals surface area contributed by atoms with E-state index in [-0.39, 0.29) is 18.0 Å². The normalized spacial score (nSPS) is 11.4. The van der Waals surface area contributed by atoms with Crippen molar-refractivity contribution in [3.63, 3.8) is 0 Å².